The van der Waals surface area contributed by atoms with Crippen LogP contribution in [0, 0.1) is 0 Å². The Kier molecular flexibility index (Phi) is 3.95. The molecule has 0 aliphatic heterocycles. The van der Waals surface area contributed by atoms with Crippen molar-refractivity contribution in [3.8, 4) is 0 Å². The second-order valence-corrected chi connectivity index (χ2v) is 5.96. The van der Waals surface area contributed by atoms with E-state index < -0.39 is 0 Å². The Labute approximate surface area is 135 Å². The maximum atomic E-state index is 12.3. The molecule has 0 bridgehead atoms. The zero-order valence-electron chi connectivity index (χ0n) is 10.9. The number of benzene rings is 3. The van der Waals surface area contributed by atoms with Crippen LogP contribution < -0.4 is 5.32 Å². The molecule has 0 heterocycles. The molecular weight excluding hydrogens is 350 g/mol. The summed E-state index contributed by atoms with van der Waals surface area (Å²) in [5, 5.41) is 5.52. The third-order valence-corrected chi connectivity index (χ3v) is 4.00. The summed E-state index contributed by atoms with van der Waals surface area (Å²) < 4.78 is 0.815. The summed E-state index contributed by atoms with van der Waals surface area (Å²) in [7, 11) is 0. The van der Waals surface area contributed by atoms with E-state index in [9.17, 15) is 4.79 Å². The molecule has 2 nitrogen and oxygen atoms in total. The van der Waals surface area contributed by atoms with Gasteiger partial charge in [0.05, 0.1) is 10.6 Å². The molecule has 0 saturated heterocycles. The first-order valence-electron chi connectivity index (χ1n) is 6.39. The Bertz CT molecular complexity index is 832. The standard InChI is InChI=1S/C17H11BrClNO/c18-13-6-8-16(19)15(10-13)17(21)20-14-7-5-11-3-1-2-4-12(11)9-14/h1-10H,(H,20,21). The summed E-state index contributed by atoms with van der Waals surface area (Å²) in [6.07, 6.45) is 0. The van der Waals surface area contributed by atoms with Crippen molar-refractivity contribution in [3.63, 3.8) is 0 Å². The average Bonchev–Trinajstić information content (AvgIpc) is 2.49. The van der Waals surface area contributed by atoms with Gasteiger partial charge in [0.1, 0.15) is 0 Å². The molecule has 3 rings (SSSR count). The molecule has 0 spiro atoms. The molecule has 0 aliphatic carbocycles. The van der Waals surface area contributed by atoms with Crippen LogP contribution >= 0.6 is 27.5 Å². The van der Waals surface area contributed by atoms with Gasteiger partial charge in [-0.15, -0.1) is 0 Å². The smallest absolute Gasteiger partial charge is 0.257 e. The molecule has 3 aromatic carbocycles. The molecule has 0 aliphatic rings. The molecule has 4 heteroatoms. The summed E-state index contributed by atoms with van der Waals surface area (Å²) in [5.41, 5.74) is 1.19. The molecular formula is C17H11BrClNO. The Morgan fingerprint density at radius 3 is 2.52 bits per heavy atom. The molecule has 1 amide bonds. The van der Waals surface area contributed by atoms with Crippen LogP contribution in [0.15, 0.2) is 65.1 Å². The number of nitrogens with one attached hydrogen (secondary N) is 1. The van der Waals surface area contributed by atoms with Crippen LogP contribution in [0.5, 0.6) is 0 Å². The molecule has 0 unspecified atom stereocenters. The van der Waals surface area contributed by atoms with Crippen molar-refractivity contribution < 1.29 is 4.79 Å². The minimum Gasteiger partial charge on any atom is -0.322 e. The molecule has 21 heavy (non-hydrogen) atoms. The number of hydrogen-bond acceptors (Lipinski definition) is 1. The van der Waals surface area contributed by atoms with Gasteiger partial charge in [-0.2, -0.15) is 0 Å². The lowest BCUT2D eigenvalue weighted by atomic mass is 10.1. The number of rotatable bonds is 2. The zero-order valence-corrected chi connectivity index (χ0v) is 13.3. The van der Waals surface area contributed by atoms with Crippen molar-refractivity contribution in [3.05, 3.63) is 75.7 Å². The number of halogens is 2. The van der Waals surface area contributed by atoms with Gasteiger partial charge in [-0.05, 0) is 41.1 Å². The summed E-state index contributed by atoms with van der Waals surface area (Å²) in [6.45, 7) is 0. The maximum Gasteiger partial charge on any atom is 0.257 e. The summed E-state index contributed by atoms with van der Waals surface area (Å²) in [4.78, 5) is 12.3. The van der Waals surface area contributed by atoms with Gasteiger partial charge in [-0.3, -0.25) is 4.79 Å². The van der Waals surface area contributed by atoms with Crippen molar-refractivity contribution in [1.29, 1.82) is 0 Å². The molecule has 0 atom stereocenters. The van der Waals surface area contributed by atoms with Gasteiger partial charge in [-0.1, -0.05) is 57.9 Å². The highest BCUT2D eigenvalue weighted by Crippen LogP contribution is 2.23. The SMILES string of the molecule is O=C(Nc1ccc2ccccc2c1)c1cc(Br)ccc1Cl. The Morgan fingerprint density at radius 1 is 0.952 bits per heavy atom. The van der Waals surface area contributed by atoms with Gasteiger partial charge >= 0.3 is 0 Å². The minimum absolute atomic E-state index is 0.225. The van der Waals surface area contributed by atoms with Crippen LogP contribution in [0.25, 0.3) is 10.8 Å². The lowest BCUT2D eigenvalue weighted by molar-refractivity contribution is 0.102. The van der Waals surface area contributed by atoms with Crippen molar-refractivity contribution in [1.82, 2.24) is 0 Å². The van der Waals surface area contributed by atoms with Gasteiger partial charge in [0.2, 0.25) is 0 Å². The number of anilines is 1. The fourth-order valence-corrected chi connectivity index (χ4v) is 2.70. The fraction of sp³-hybridized carbons (Fsp3) is 0. The predicted octanol–water partition coefficient (Wildman–Crippen LogP) is 5.51. The number of carbonyl (C=O) groups excluding carboxylic acids is 1. The minimum atomic E-state index is -0.225. The van der Waals surface area contributed by atoms with E-state index in [1.807, 2.05) is 42.5 Å². The largest absolute Gasteiger partial charge is 0.322 e. The van der Waals surface area contributed by atoms with Crippen molar-refractivity contribution in [2.24, 2.45) is 0 Å². The number of hydrogen-bond donors (Lipinski definition) is 1. The van der Waals surface area contributed by atoms with Gasteiger partial charge in [0, 0.05) is 10.2 Å². The van der Waals surface area contributed by atoms with Crippen LogP contribution in [0.2, 0.25) is 5.02 Å². The Balaban J connectivity index is 1.90. The monoisotopic (exact) mass is 359 g/mol. The number of carbonyl (C=O) groups is 1. The van der Waals surface area contributed by atoms with Crippen molar-refractivity contribution in [2.75, 3.05) is 5.32 Å². The highest BCUT2D eigenvalue weighted by Gasteiger charge is 2.11. The number of amides is 1. The van der Waals surface area contributed by atoms with Crippen LogP contribution in [-0.2, 0) is 0 Å². The first-order valence-corrected chi connectivity index (χ1v) is 7.56. The van der Waals surface area contributed by atoms with E-state index in [-0.39, 0.29) is 5.91 Å². The highest BCUT2D eigenvalue weighted by molar-refractivity contribution is 9.10. The first-order chi connectivity index (χ1) is 10.1. The van der Waals surface area contributed by atoms with Crippen molar-refractivity contribution >= 4 is 49.9 Å². The van der Waals surface area contributed by atoms with E-state index in [1.54, 1.807) is 18.2 Å². The average molecular weight is 361 g/mol. The summed E-state index contributed by atoms with van der Waals surface area (Å²) >= 11 is 9.41. The zero-order chi connectivity index (χ0) is 14.8. The van der Waals surface area contributed by atoms with Gasteiger partial charge in [0.25, 0.3) is 5.91 Å². The van der Waals surface area contributed by atoms with Gasteiger partial charge < -0.3 is 5.32 Å². The molecule has 0 radical (unpaired) electrons. The maximum absolute atomic E-state index is 12.3. The van der Waals surface area contributed by atoms with Crippen LogP contribution in [-0.4, -0.2) is 5.91 Å². The molecule has 0 saturated carbocycles. The normalized spacial score (nSPS) is 10.6. The first kappa shape index (κ1) is 14.1. The fourth-order valence-electron chi connectivity index (χ4n) is 2.14. The highest BCUT2D eigenvalue weighted by atomic mass is 79.9. The van der Waals surface area contributed by atoms with E-state index >= 15 is 0 Å². The second-order valence-electron chi connectivity index (χ2n) is 4.64. The quantitative estimate of drug-likeness (QED) is 0.641. The summed E-state index contributed by atoms with van der Waals surface area (Å²) in [6, 6.07) is 19.0. The molecule has 0 fully saturated rings. The van der Waals surface area contributed by atoms with E-state index in [0.717, 1.165) is 20.9 Å². The molecule has 0 aromatic heterocycles. The van der Waals surface area contributed by atoms with Gasteiger partial charge in [-0.25, -0.2) is 0 Å². The summed E-state index contributed by atoms with van der Waals surface area (Å²) in [5.74, 6) is -0.225. The molecule has 104 valence electrons. The van der Waals surface area contributed by atoms with E-state index in [4.69, 9.17) is 11.6 Å². The van der Waals surface area contributed by atoms with E-state index in [1.165, 1.54) is 0 Å². The lowest BCUT2D eigenvalue weighted by Gasteiger charge is -2.08. The predicted molar refractivity (Wildman–Crippen MR) is 91.1 cm³/mol. The van der Waals surface area contributed by atoms with Crippen LogP contribution in [0.3, 0.4) is 0 Å². The third kappa shape index (κ3) is 3.09. The van der Waals surface area contributed by atoms with Crippen LogP contribution in [0.4, 0.5) is 5.69 Å². The number of fused-ring (bicyclic) bond motifs is 1. The lowest BCUT2D eigenvalue weighted by Crippen LogP contribution is -2.12. The Hall–Kier alpha value is -1.84. The van der Waals surface area contributed by atoms with E-state index in [2.05, 4.69) is 21.2 Å². The topological polar surface area (TPSA) is 29.1 Å². The van der Waals surface area contributed by atoms with Gasteiger partial charge in [0.15, 0.2) is 0 Å². The van der Waals surface area contributed by atoms with Crippen molar-refractivity contribution in [2.45, 2.75) is 0 Å². The van der Waals surface area contributed by atoms with E-state index in [0.29, 0.717) is 10.6 Å². The second kappa shape index (κ2) is 5.88. The third-order valence-electron chi connectivity index (χ3n) is 3.18. The molecule has 1 N–H and O–H groups in total. The molecule has 3 aromatic rings. The Morgan fingerprint density at radius 2 is 1.71 bits per heavy atom. The van der Waals surface area contributed by atoms with Crippen LogP contribution in [0.1, 0.15) is 10.4 Å².